The van der Waals surface area contributed by atoms with Crippen molar-refractivity contribution in [2.45, 2.75) is 13.3 Å². The van der Waals surface area contributed by atoms with Crippen molar-refractivity contribution in [1.82, 2.24) is 0 Å². The summed E-state index contributed by atoms with van der Waals surface area (Å²) in [6.07, 6.45) is 0.350. The van der Waals surface area contributed by atoms with Gasteiger partial charge in [0, 0.05) is 0 Å². The lowest BCUT2D eigenvalue weighted by atomic mass is 10.2. The molecule has 1 aromatic rings. The molecule has 0 atom stereocenters. The van der Waals surface area contributed by atoms with Gasteiger partial charge in [0.15, 0.2) is 0 Å². The molecular formula is C10H14ClNO3S. The number of hydrogen-bond donors (Lipinski definition) is 1. The van der Waals surface area contributed by atoms with Crippen molar-refractivity contribution in [2.24, 2.45) is 5.14 Å². The first-order valence-electron chi connectivity index (χ1n) is 4.78. The van der Waals surface area contributed by atoms with E-state index >= 15 is 0 Å². The summed E-state index contributed by atoms with van der Waals surface area (Å²) in [7, 11) is -3.41. The van der Waals surface area contributed by atoms with Crippen molar-refractivity contribution < 1.29 is 13.2 Å². The van der Waals surface area contributed by atoms with Crippen molar-refractivity contribution in [3.63, 3.8) is 0 Å². The van der Waals surface area contributed by atoms with Crippen LogP contribution in [0.1, 0.15) is 12.0 Å². The largest absolute Gasteiger partial charge is 0.492 e. The molecule has 2 N–H and O–H groups in total. The Bertz CT molecular complexity index is 459. The number of rotatable bonds is 5. The molecule has 0 aromatic heterocycles. The first-order valence-corrected chi connectivity index (χ1v) is 6.87. The number of sulfonamides is 1. The summed E-state index contributed by atoms with van der Waals surface area (Å²) >= 11 is 5.93. The zero-order valence-corrected chi connectivity index (χ0v) is 10.5. The summed E-state index contributed by atoms with van der Waals surface area (Å²) in [5, 5.41) is 5.38. The molecule has 4 nitrogen and oxygen atoms in total. The standard InChI is InChI=1S/C10H14ClNO3S/c1-8-3-4-10(9(11)7-8)15-5-2-6-16(12,13)14/h3-4,7H,2,5-6H2,1H3,(H2,12,13,14). The molecule has 0 unspecified atom stereocenters. The highest BCUT2D eigenvalue weighted by Crippen LogP contribution is 2.25. The fourth-order valence-corrected chi connectivity index (χ4v) is 1.98. The second-order valence-corrected chi connectivity index (χ2v) is 5.64. The number of benzene rings is 1. The number of ether oxygens (including phenoxy) is 1. The average molecular weight is 264 g/mol. The molecular weight excluding hydrogens is 250 g/mol. The Hall–Kier alpha value is -0.780. The molecule has 0 aliphatic rings. The number of aryl methyl sites for hydroxylation is 1. The van der Waals surface area contributed by atoms with E-state index in [0.717, 1.165) is 5.56 Å². The Balaban J connectivity index is 2.43. The van der Waals surface area contributed by atoms with Crippen molar-refractivity contribution in [3.8, 4) is 5.75 Å². The Morgan fingerprint density at radius 3 is 2.69 bits per heavy atom. The van der Waals surface area contributed by atoms with E-state index in [9.17, 15) is 8.42 Å². The number of nitrogens with two attached hydrogens (primary N) is 1. The predicted molar refractivity (Wildman–Crippen MR) is 64.3 cm³/mol. The second kappa shape index (κ2) is 5.52. The van der Waals surface area contributed by atoms with E-state index in [1.807, 2.05) is 13.0 Å². The third kappa shape index (κ3) is 4.83. The third-order valence-electron chi connectivity index (χ3n) is 1.92. The van der Waals surface area contributed by atoms with Gasteiger partial charge in [0.2, 0.25) is 10.0 Å². The molecule has 0 radical (unpaired) electrons. The third-order valence-corrected chi connectivity index (χ3v) is 3.07. The molecule has 0 fully saturated rings. The molecule has 0 amide bonds. The molecule has 0 saturated heterocycles. The molecule has 0 heterocycles. The van der Waals surface area contributed by atoms with Gasteiger partial charge in [-0.1, -0.05) is 17.7 Å². The fourth-order valence-electron chi connectivity index (χ4n) is 1.17. The van der Waals surface area contributed by atoms with E-state index in [2.05, 4.69) is 0 Å². The van der Waals surface area contributed by atoms with E-state index in [1.165, 1.54) is 0 Å². The highest BCUT2D eigenvalue weighted by atomic mass is 35.5. The molecule has 16 heavy (non-hydrogen) atoms. The van der Waals surface area contributed by atoms with Crippen molar-refractivity contribution in [2.75, 3.05) is 12.4 Å². The van der Waals surface area contributed by atoms with Crippen LogP contribution in [0.15, 0.2) is 18.2 Å². The van der Waals surface area contributed by atoms with Crippen molar-refractivity contribution in [3.05, 3.63) is 28.8 Å². The minimum Gasteiger partial charge on any atom is -0.492 e. The molecule has 1 aromatic carbocycles. The Labute approximate surface area is 100 Å². The average Bonchev–Trinajstić information content (AvgIpc) is 2.13. The fraction of sp³-hybridized carbons (Fsp3) is 0.400. The predicted octanol–water partition coefficient (Wildman–Crippen LogP) is 1.71. The lowest BCUT2D eigenvalue weighted by Crippen LogP contribution is -2.18. The molecule has 0 aliphatic carbocycles. The van der Waals surface area contributed by atoms with Gasteiger partial charge < -0.3 is 4.74 Å². The maximum absolute atomic E-state index is 10.7. The summed E-state index contributed by atoms with van der Waals surface area (Å²) in [4.78, 5) is 0. The van der Waals surface area contributed by atoms with Gasteiger partial charge in [-0.25, -0.2) is 13.6 Å². The lowest BCUT2D eigenvalue weighted by Gasteiger charge is -2.07. The summed E-state index contributed by atoms with van der Waals surface area (Å²) in [6.45, 7) is 2.20. The SMILES string of the molecule is Cc1ccc(OCCCS(N)(=O)=O)c(Cl)c1. The minimum atomic E-state index is -3.41. The zero-order valence-electron chi connectivity index (χ0n) is 8.94. The highest BCUT2D eigenvalue weighted by molar-refractivity contribution is 7.89. The molecule has 0 bridgehead atoms. The van der Waals surface area contributed by atoms with E-state index in [1.54, 1.807) is 12.1 Å². The van der Waals surface area contributed by atoms with E-state index < -0.39 is 10.0 Å². The maximum atomic E-state index is 10.7. The number of halogens is 1. The second-order valence-electron chi connectivity index (χ2n) is 3.50. The van der Waals surface area contributed by atoms with E-state index in [4.69, 9.17) is 21.5 Å². The summed E-state index contributed by atoms with van der Waals surface area (Å²) in [5.74, 6) is 0.470. The van der Waals surface area contributed by atoms with Gasteiger partial charge in [0.1, 0.15) is 5.75 Å². The lowest BCUT2D eigenvalue weighted by molar-refractivity contribution is 0.318. The summed E-state index contributed by atoms with van der Waals surface area (Å²) < 4.78 is 26.6. The first-order chi connectivity index (χ1) is 7.38. The van der Waals surface area contributed by atoms with Crippen molar-refractivity contribution in [1.29, 1.82) is 0 Å². The van der Waals surface area contributed by atoms with Gasteiger partial charge in [-0.15, -0.1) is 0 Å². The molecule has 0 spiro atoms. The molecule has 6 heteroatoms. The zero-order chi connectivity index (χ0) is 12.2. The summed E-state index contributed by atoms with van der Waals surface area (Å²) in [6, 6.07) is 5.42. The van der Waals surface area contributed by atoms with Crippen LogP contribution in [0.25, 0.3) is 0 Å². The van der Waals surface area contributed by atoms with E-state index in [0.29, 0.717) is 17.2 Å². The van der Waals surface area contributed by atoms with Gasteiger partial charge >= 0.3 is 0 Å². The van der Waals surface area contributed by atoms with Gasteiger partial charge in [0.25, 0.3) is 0 Å². The molecule has 0 saturated carbocycles. The first kappa shape index (κ1) is 13.3. The van der Waals surface area contributed by atoms with Crippen LogP contribution in [0, 0.1) is 6.92 Å². The van der Waals surface area contributed by atoms with Crippen LogP contribution in [0.3, 0.4) is 0 Å². The number of hydrogen-bond acceptors (Lipinski definition) is 3. The Kier molecular flexibility index (Phi) is 4.58. The molecule has 0 aliphatic heterocycles. The maximum Gasteiger partial charge on any atom is 0.209 e. The van der Waals surface area contributed by atoms with Gasteiger partial charge in [0.05, 0.1) is 17.4 Å². The Morgan fingerprint density at radius 2 is 2.12 bits per heavy atom. The van der Waals surface area contributed by atoms with E-state index in [-0.39, 0.29) is 12.4 Å². The van der Waals surface area contributed by atoms with Crippen LogP contribution < -0.4 is 9.88 Å². The van der Waals surface area contributed by atoms with Gasteiger partial charge in [-0.05, 0) is 31.0 Å². The minimum absolute atomic E-state index is 0.0868. The molecule has 90 valence electrons. The topological polar surface area (TPSA) is 69.4 Å². The van der Waals surface area contributed by atoms with Crippen LogP contribution in [0.5, 0.6) is 5.75 Å². The van der Waals surface area contributed by atoms with Gasteiger partial charge in [-0.3, -0.25) is 0 Å². The van der Waals surface area contributed by atoms with Crippen LogP contribution in [-0.4, -0.2) is 20.8 Å². The smallest absolute Gasteiger partial charge is 0.209 e. The monoisotopic (exact) mass is 263 g/mol. The van der Waals surface area contributed by atoms with Crippen LogP contribution in [0.4, 0.5) is 0 Å². The summed E-state index contributed by atoms with van der Waals surface area (Å²) in [5.41, 5.74) is 1.04. The van der Waals surface area contributed by atoms with Crippen molar-refractivity contribution >= 4 is 21.6 Å². The highest BCUT2D eigenvalue weighted by Gasteiger charge is 2.04. The quantitative estimate of drug-likeness (QED) is 0.822. The molecule has 1 rings (SSSR count). The number of primary sulfonamides is 1. The normalized spacial score (nSPS) is 11.4. The van der Waals surface area contributed by atoms with Crippen LogP contribution >= 0.6 is 11.6 Å². The van der Waals surface area contributed by atoms with Gasteiger partial charge in [-0.2, -0.15) is 0 Å². The Morgan fingerprint density at radius 1 is 1.44 bits per heavy atom. The van der Waals surface area contributed by atoms with Crippen LogP contribution in [0.2, 0.25) is 5.02 Å². The van der Waals surface area contributed by atoms with Crippen LogP contribution in [-0.2, 0) is 10.0 Å².